The van der Waals surface area contributed by atoms with Crippen LogP contribution < -0.4 is 10.1 Å². The molecule has 1 N–H and O–H groups in total. The molecule has 1 atom stereocenters. The first-order valence-electron chi connectivity index (χ1n) is 5.54. The SMILES string of the molecule is CC(C)NC1c2ccccc2OC1(C)C. The summed E-state index contributed by atoms with van der Waals surface area (Å²) < 4.78 is 5.95. The van der Waals surface area contributed by atoms with E-state index in [9.17, 15) is 0 Å². The van der Waals surface area contributed by atoms with Gasteiger partial charge in [0.1, 0.15) is 11.4 Å². The van der Waals surface area contributed by atoms with E-state index < -0.39 is 0 Å². The van der Waals surface area contributed by atoms with E-state index in [1.807, 2.05) is 12.1 Å². The molecule has 2 rings (SSSR count). The molecule has 1 aromatic carbocycles. The summed E-state index contributed by atoms with van der Waals surface area (Å²) in [5.74, 6) is 1.01. The van der Waals surface area contributed by atoms with Crippen LogP contribution in [-0.4, -0.2) is 11.6 Å². The Labute approximate surface area is 91.6 Å². The first-order chi connectivity index (χ1) is 7.00. The van der Waals surface area contributed by atoms with E-state index in [1.165, 1.54) is 5.56 Å². The molecule has 0 aromatic heterocycles. The van der Waals surface area contributed by atoms with Crippen molar-refractivity contribution in [2.24, 2.45) is 0 Å². The molecule has 0 saturated heterocycles. The molecular weight excluding hydrogens is 186 g/mol. The number of fused-ring (bicyclic) bond motifs is 1. The second-order valence-corrected chi connectivity index (χ2v) is 5.00. The standard InChI is InChI=1S/C13H19NO/c1-9(2)14-12-10-7-5-6-8-11(10)15-13(12,3)4/h5-9,12,14H,1-4H3. The lowest BCUT2D eigenvalue weighted by atomic mass is 9.94. The first kappa shape index (κ1) is 10.5. The summed E-state index contributed by atoms with van der Waals surface area (Å²) in [6, 6.07) is 9.02. The summed E-state index contributed by atoms with van der Waals surface area (Å²) in [5.41, 5.74) is 1.12. The lowest BCUT2D eigenvalue weighted by molar-refractivity contribution is 0.0929. The zero-order chi connectivity index (χ0) is 11.1. The van der Waals surface area contributed by atoms with Gasteiger partial charge in [-0.1, -0.05) is 32.0 Å². The maximum absolute atomic E-state index is 5.95. The third-order valence-corrected chi connectivity index (χ3v) is 2.80. The molecule has 2 nitrogen and oxygen atoms in total. The van der Waals surface area contributed by atoms with Crippen molar-refractivity contribution in [3.05, 3.63) is 29.8 Å². The second-order valence-electron chi connectivity index (χ2n) is 5.00. The van der Waals surface area contributed by atoms with Gasteiger partial charge in [0.25, 0.3) is 0 Å². The van der Waals surface area contributed by atoms with Crippen LogP contribution >= 0.6 is 0 Å². The number of ether oxygens (including phenoxy) is 1. The number of benzene rings is 1. The Morgan fingerprint density at radius 2 is 1.93 bits per heavy atom. The zero-order valence-electron chi connectivity index (χ0n) is 9.87. The third kappa shape index (κ3) is 1.86. The van der Waals surface area contributed by atoms with Gasteiger partial charge in [-0.15, -0.1) is 0 Å². The van der Waals surface area contributed by atoms with E-state index in [0.717, 1.165) is 5.75 Å². The molecular formula is C13H19NO. The molecule has 2 heteroatoms. The molecule has 0 spiro atoms. The fraction of sp³-hybridized carbons (Fsp3) is 0.538. The van der Waals surface area contributed by atoms with Crippen LogP contribution in [-0.2, 0) is 0 Å². The Morgan fingerprint density at radius 1 is 1.27 bits per heavy atom. The van der Waals surface area contributed by atoms with Gasteiger partial charge in [-0.25, -0.2) is 0 Å². The summed E-state index contributed by atoms with van der Waals surface area (Å²) in [5, 5.41) is 3.56. The van der Waals surface area contributed by atoms with Crippen LogP contribution in [0.15, 0.2) is 24.3 Å². The van der Waals surface area contributed by atoms with Crippen molar-refractivity contribution in [3.63, 3.8) is 0 Å². The van der Waals surface area contributed by atoms with Crippen molar-refractivity contribution in [1.29, 1.82) is 0 Å². The average Bonchev–Trinajstić information content (AvgIpc) is 2.37. The maximum atomic E-state index is 5.95. The van der Waals surface area contributed by atoms with E-state index in [-0.39, 0.29) is 11.6 Å². The maximum Gasteiger partial charge on any atom is 0.125 e. The van der Waals surface area contributed by atoms with Gasteiger partial charge in [0.05, 0.1) is 6.04 Å². The topological polar surface area (TPSA) is 21.3 Å². The van der Waals surface area contributed by atoms with Gasteiger partial charge in [-0.05, 0) is 19.9 Å². The van der Waals surface area contributed by atoms with Crippen LogP contribution in [0.5, 0.6) is 5.75 Å². The highest BCUT2D eigenvalue weighted by Crippen LogP contribution is 2.42. The quantitative estimate of drug-likeness (QED) is 0.801. The Kier molecular flexibility index (Phi) is 2.47. The van der Waals surface area contributed by atoms with E-state index in [4.69, 9.17) is 4.74 Å². The van der Waals surface area contributed by atoms with Gasteiger partial charge < -0.3 is 10.1 Å². The predicted molar refractivity (Wildman–Crippen MR) is 62.2 cm³/mol. The van der Waals surface area contributed by atoms with Gasteiger partial charge in [0, 0.05) is 11.6 Å². The van der Waals surface area contributed by atoms with E-state index in [2.05, 4.69) is 45.1 Å². The molecule has 0 radical (unpaired) electrons. The van der Waals surface area contributed by atoms with Crippen molar-refractivity contribution in [2.75, 3.05) is 0 Å². The summed E-state index contributed by atoms with van der Waals surface area (Å²) >= 11 is 0. The van der Waals surface area contributed by atoms with Crippen LogP contribution in [0, 0.1) is 0 Å². The minimum absolute atomic E-state index is 0.159. The van der Waals surface area contributed by atoms with E-state index in [0.29, 0.717) is 6.04 Å². The summed E-state index contributed by atoms with van der Waals surface area (Å²) in [7, 11) is 0. The van der Waals surface area contributed by atoms with Crippen molar-refractivity contribution in [1.82, 2.24) is 5.32 Å². The number of para-hydroxylation sites is 1. The molecule has 1 aromatic rings. The van der Waals surface area contributed by atoms with Crippen LogP contribution in [0.25, 0.3) is 0 Å². The van der Waals surface area contributed by atoms with Crippen molar-refractivity contribution in [2.45, 2.75) is 45.4 Å². The highest BCUT2D eigenvalue weighted by atomic mass is 16.5. The Bertz CT molecular complexity index is 357. The highest BCUT2D eigenvalue weighted by molar-refractivity contribution is 5.42. The Balaban J connectivity index is 2.34. The van der Waals surface area contributed by atoms with Crippen LogP contribution in [0.3, 0.4) is 0 Å². The van der Waals surface area contributed by atoms with E-state index >= 15 is 0 Å². The second kappa shape index (κ2) is 3.53. The van der Waals surface area contributed by atoms with Crippen molar-refractivity contribution < 1.29 is 4.74 Å². The molecule has 1 unspecified atom stereocenters. The molecule has 0 fully saturated rings. The normalized spacial score (nSPS) is 22.6. The smallest absolute Gasteiger partial charge is 0.125 e. The van der Waals surface area contributed by atoms with Gasteiger partial charge in [-0.2, -0.15) is 0 Å². The first-order valence-corrected chi connectivity index (χ1v) is 5.54. The van der Waals surface area contributed by atoms with Crippen molar-refractivity contribution >= 4 is 0 Å². The number of hydrogen-bond acceptors (Lipinski definition) is 2. The lowest BCUT2D eigenvalue weighted by Crippen LogP contribution is -2.41. The highest BCUT2D eigenvalue weighted by Gasteiger charge is 2.40. The van der Waals surface area contributed by atoms with Gasteiger partial charge in [0.2, 0.25) is 0 Å². The average molecular weight is 205 g/mol. The third-order valence-electron chi connectivity index (χ3n) is 2.80. The zero-order valence-corrected chi connectivity index (χ0v) is 9.87. The number of hydrogen-bond donors (Lipinski definition) is 1. The van der Waals surface area contributed by atoms with Gasteiger partial charge in [0.15, 0.2) is 0 Å². The monoisotopic (exact) mass is 205 g/mol. The minimum Gasteiger partial charge on any atom is -0.486 e. The molecule has 0 amide bonds. The van der Waals surface area contributed by atoms with Gasteiger partial charge >= 0.3 is 0 Å². The molecule has 1 aliphatic rings. The molecule has 0 bridgehead atoms. The number of nitrogens with one attached hydrogen (secondary N) is 1. The largest absolute Gasteiger partial charge is 0.486 e. The summed E-state index contributed by atoms with van der Waals surface area (Å²) in [4.78, 5) is 0. The van der Waals surface area contributed by atoms with Crippen molar-refractivity contribution in [3.8, 4) is 5.75 Å². The minimum atomic E-state index is -0.159. The van der Waals surface area contributed by atoms with Crippen LogP contribution in [0.1, 0.15) is 39.3 Å². The number of rotatable bonds is 2. The molecule has 1 aliphatic heterocycles. The Hall–Kier alpha value is -1.02. The summed E-state index contributed by atoms with van der Waals surface area (Å²) in [6.07, 6.45) is 0. The van der Waals surface area contributed by atoms with E-state index in [1.54, 1.807) is 0 Å². The molecule has 0 saturated carbocycles. The molecule has 15 heavy (non-hydrogen) atoms. The fourth-order valence-electron chi connectivity index (χ4n) is 2.15. The summed E-state index contributed by atoms with van der Waals surface area (Å²) in [6.45, 7) is 8.59. The fourth-order valence-corrected chi connectivity index (χ4v) is 2.15. The predicted octanol–water partition coefficient (Wildman–Crippen LogP) is 2.90. The van der Waals surface area contributed by atoms with Gasteiger partial charge in [-0.3, -0.25) is 0 Å². The molecule has 1 heterocycles. The van der Waals surface area contributed by atoms with Crippen LogP contribution in [0.2, 0.25) is 0 Å². The molecule has 82 valence electrons. The molecule has 0 aliphatic carbocycles. The lowest BCUT2D eigenvalue weighted by Gasteiger charge is -2.28. The Morgan fingerprint density at radius 3 is 2.60 bits per heavy atom. The van der Waals surface area contributed by atoms with Crippen LogP contribution in [0.4, 0.5) is 0 Å².